The van der Waals surface area contributed by atoms with Crippen molar-refractivity contribution in [3.8, 4) is 11.4 Å². The summed E-state index contributed by atoms with van der Waals surface area (Å²) in [5.41, 5.74) is 2.55. The number of amides is 1. The first-order valence-electron chi connectivity index (χ1n) is 9.06. The maximum atomic E-state index is 12.7. The molecule has 6 heteroatoms. The summed E-state index contributed by atoms with van der Waals surface area (Å²) < 4.78 is 7.92. The highest BCUT2D eigenvalue weighted by molar-refractivity contribution is 9.10. The Bertz CT molecular complexity index is 972. The molecule has 0 unspecified atom stereocenters. The van der Waals surface area contributed by atoms with Crippen LogP contribution in [0.2, 0.25) is 0 Å². The first kappa shape index (κ1) is 20.1. The fraction of sp³-hybridized carbons (Fsp3) is 0.273. The number of methoxy groups -OCH3 is 1. The highest BCUT2D eigenvalue weighted by atomic mass is 79.9. The molecule has 0 atom stereocenters. The van der Waals surface area contributed by atoms with Gasteiger partial charge in [-0.15, -0.1) is 0 Å². The molecule has 2 aromatic carbocycles. The number of rotatable bonds is 5. The maximum absolute atomic E-state index is 12.7. The van der Waals surface area contributed by atoms with Crippen LogP contribution in [0.25, 0.3) is 5.69 Å². The number of ether oxygens (including phenoxy) is 1. The van der Waals surface area contributed by atoms with E-state index in [1.165, 1.54) is 0 Å². The number of nitrogens with one attached hydrogen (secondary N) is 1. The number of anilines is 1. The highest BCUT2D eigenvalue weighted by Gasteiger charge is 2.21. The van der Waals surface area contributed by atoms with Gasteiger partial charge in [0.1, 0.15) is 11.6 Å². The minimum absolute atomic E-state index is 0.0954. The van der Waals surface area contributed by atoms with Crippen LogP contribution in [-0.2, 0) is 16.6 Å². The molecule has 0 radical (unpaired) electrons. The van der Waals surface area contributed by atoms with Gasteiger partial charge >= 0.3 is 0 Å². The van der Waals surface area contributed by atoms with E-state index in [0.717, 1.165) is 27.2 Å². The van der Waals surface area contributed by atoms with Crippen LogP contribution >= 0.6 is 15.9 Å². The second kappa shape index (κ2) is 8.19. The number of hydrogen-bond donors (Lipinski definition) is 1. The lowest BCUT2D eigenvalue weighted by atomic mass is 9.92. The summed E-state index contributed by atoms with van der Waals surface area (Å²) in [6, 6.07) is 17.2. The van der Waals surface area contributed by atoms with Gasteiger partial charge in [0.25, 0.3) is 0 Å². The zero-order valence-electron chi connectivity index (χ0n) is 16.5. The molecule has 146 valence electrons. The number of halogens is 1. The van der Waals surface area contributed by atoms with Gasteiger partial charge in [0.2, 0.25) is 5.91 Å². The van der Waals surface area contributed by atoms with Crippen LogP contribution < -0.4 is 10.1 Å². The Morgan fingerprint density at radius 2 is 1.82 bits per heavy atom. The van der Waals surface area contributed by atoms with Gasteiger partial charge in [0.05, 0.1) is 24.9 Å². The van der Waals surface area contributed by atoms with Crippen LogP contribution in [0.3, 0.4) is 0 Å². The first-order chi connectivity index (χ1) is 13.3. The number of nitrogens with zero attached hydrogens (tertiary/aromatic N) is 2. The molecule has 1 amide bonds. The topological polar surface area (TPSA) is 56.1 Å². The number of aromatic nitrogens is 2. The third-order valence-corrected chi connectivity index (χ3v) is 5.14. The standard InChI is InChI=1S/C22H24BrN3O2/c1-22(2,3)19-14-20(24-21(27)13-15-7-5-6-8-18(15)23)26(25-19)16-9-11-17(28-4)12-10-16/h5-12,14H,13H2,1-4H3,(H,24,27). The van der Waals surface area contributed by atoms with Crippen molar-refractivity contribution in [1.82, 2.24) is 9.78 Å². The molecule has 3 rings (SSSR count). The van der Waals surface area contributed by atoms with Crippen molar-refractivity contribution in [3.05, 3.63) is 70.3 Å². The van der Waals surface area contributed by atoms with Crippen LogP contribution in [0.15, 0.2) is 59.1 Å². The molecule has 0 saturated carbocycles. The third-order valence-electron chi connectivity index (χ3n) is 4.37. The Kier molecular flexibility index (Phi) is 5.89. The van der Waals surface area contributed by atoms with Gasteiger partial charge in [-0.25, -0.2) is 4.68 Å². The largest absolute Gasteiger partial charge is 0.497 e. The van der Waals surface area contributed by atoms with E-state index in [-0.39, 0.29) is 17.7 Å². The van der Waals surface area contributed by atoms with Crippen molar-refractivity contribution in [2.45, 2.75) is 32.6 Å². The normalized spacial score (nSPS) is 11.3. The predicted molar refractivity (Wildman–Crippen MR) is 115 cm³/mol. The number of hydrogen-bond acceptors (Lipinski definition) is 3. The first-order valence-corrected chi connectivity index (χ1v) is 9.85. The van der Waals surface area contributed by atoms with E-state index in [1.54, 1.807) is 11.8 Å². The fourth-order valence-electron chi connectivity index (χ4n) is 2.76. The molecule has 1 aromatic heterocycles. The number of carbonyl (C=O) groups excluding carboxylic acids is 1. The zero-order valence-corrected chi connectivity index (χ0v) is 18.1. The van der Waals surface area contributed by atoms with E-state index >= 15 is 0 Å². The summed E-state index contributed by atoms with van der Waals surface area (Å²) in [5, 5.41) is 7.75. The lowest BCUT2D eigenvalue weighted by Crippen LogP contribution is -2.17. The van der Waals surface area contributed by atoms with Crippen molar-refractivity contribution >= 4 is 27.7 Å². The van der Waals surface area contributed by atoms with Gasteiger partial charge in [0.15, 0.2) is 0 Å². The minimum atomic E-state index is -0.139. The predicted octanol–water partition coefficient (Wildman–Crippen LogP) is 5.12. The van der Waals surface area contributed by atoms with Crippen molar-refractivity contribution in [2.24, 2.45) is 0 Å². The summed E-state index contributed by atoms with van der Waals surface area (Å²) in [7, 11) is 1.63. The van der Waals surface area contributed by atoms with Crippen LogP contribution in [0.5, 0.6) is 5.75 Å². The number of carbonyl (C=O) groups is 1. The summed E-state index contributed by atoms with van der Waals surface area (Å²) >= 11 is 3.50. The van der Waals surface area contributed by atoms with Gasteiger partial charge in [-0.1, -0.05) is 54.9 Å². The molecule has 0 spiro atoms. The molecule has 3 aromatic rings. The Balaban J connectivity index is 1.91. The molecule has 0 bridgehead atoms. The quantitative estimate of drug-likeness (QED) is 0.597. The average molecular weight is 442 g/mol. The summed E-state index contributed by atoms with van der Waals surface area (Å²) in [6.45, 7) is 6.29. The Morgan fingerprint density at radius 1 is 1.14 bits per heavy atom. The van der Waals surface area contributed by atoms with Gasteiger partial charge in [-0.2, -0.15) is 5.10 Å². The zero-order chi connectivity index (χ0) is 20.3. The minimum Gasteiger partial charge on any atom is -0.497 e. The Labute approximate surface area is 173 Å². The van der Waals surface area contributed by atoms with Crippen LogP contribution in [0, 0.1) is 0 Å². The van der Waals surface area contributed by atoms with Crippen molar-refractivity contribution in [1.29, 1.82) is 0 Å². The molecule has 0 aliphatic carbocycles. The molecule has 0 aliphatic heterocycles. The summed E-state index contributed by atoms with van der Waals surface area (Å²) in [5.74, 6) is 1.32. The molecule has 28 heavy (non-hydrogen) atoms. The van der Waals surface area contributed by atoms with Crippen molar-refractivity contribution in [2.75, 3.05) is 12.4 Å². The highest BCUT2D eigenvalue weighted by Crippen LogP contribution is 2.27. The second-order valence-corrected chi connectivity index (χ2v) is 8.45. The van der Waals surface area contributed by atoms with Gasteiger partial charge < -0.3 is 10.1 Å². The van der Waals surface area contributed by atoms with E-state index in [1.807, 2.05) is 54.6 Å². The monoisotopic (exact) mass is 441 g/mol. The van der Waals surface area contributed by atoms with E-state index in [0.29, 0.717) is 5.82 Å². The molecule has 1 N–H and O–H groups in total. The average Bonchev–Trinajstić information content (AvgIpc) is 3.08. The van der Waals surface area contributed by atoms with Crippen LogP contribution in [0.1, 0.15) is 32.0 Å². The van der Waals surface area contributed by atoms with Gasteiger partial charge in [0, 0.05) is 16.0 Å². The lowest BCUT2D eigenvalue weighted by Gasteiger charge is -2.14. The SMILES string of the molecule is COc1ccc(-n2nc(C(C)(C)C)cc2NC(=O)Cc2ccccc2Br)cc1. The Morgan fingerprint density at radius 3 is 2.43 bits per heavy atom. The van der Waals surface area contributed by atoms with Crippen molar-refractivity contribution in [3.63, 3.8) is 0 Å². The maximum Gasteiger partial charge on any atom is 0.229 e. The van der Waals surface area contributed by atoms with E-state index in [4.69, 9.17) is 9.84 Å². The molecular weight excluding hydrogens is 418 g/mol. The molecule has 5 nitrogen and oxygen atoms in total. The smallest absolute Gasteiger partial charge is 0.229 e. The lowest BCUT2D eigenvalue weighted by molar-refractivity contribution is -0.115. The summed E-state index contributed by atoms with van der Waals surface area (Å²) in [4.78, 5) is 12.7. The summed E-state index contributed by atoms with van der Waals surface area (Å²) in [6.07, 6.45) is 0.278. The van der Waals surface area contributed by atoms with E-state index in [2.05, 4.69) is 42.0 Å². The Hall–Kier alpha value is -2.60. The molecule has 0 aliphatic rings. The van der Waals surface area contributed by atoms with Crippen LogP contribution in [0.4, 0.5) is 5.82 Å². The van der Waals surface area contributed by atoms with Crippen molar-refractivity contribution < 1.29 is 9.53 Å². The fourth-order valence-corrected chi connectivity index (χ4v) is 3.18. The van der Waals surface area contributed by atoms with Gasteiger partial charge in [-0.3, -0.25) is 4.79 Å². The van der Waals surface area contributed by atoms with Crippen LogP contribution in [-0.4, -0.2) is 22.8 Å². The molecular formula is C22H24BrN3O2. The molecule has 0 saturated heterocycles. The third kappa shape index (κ3) is 4.62. The van der Waals surface area contributed by atoms with E-state index < -0.39 is 0 Å². The second-order valence-electron chi connectivity index (χ2n) is 7.59. The molecule has 0 fully saturated rings. The number of benzene rings is 2. The molecule has 1 heterocycles. The van der Waals surface area contributed by atoms with Gasteiger partial charge in [-0.05, 0) is 35.9 Å². The van der Waals surface area contributed by atoms with E-state index in [9.17, 15) is 4.79 Å².